The largest absolute Gasteiger partial charge is 0.396 e. The second-order valence-corrected chi connectivity index (χ2v) is 4.38. The normalized spacial score (nSPS) is 12.4. The van der Waals surface area contributed by atoms with Gasteiger partial charge in [0.1, 0.15) is 0 Å². The van der Waals surface area contributed by atoms with Gasteiger partial charge in [-0.1, -0.05) is 6.92 Å². The summed E-state index contributed by atoms with van der Waals surface area (Å²) in [6.07, 6.45) is 3.17. The van der Waals surface area contributed by atoms with Crippen LogP contribution in [0.1, 0.15) is 40.0 Å². The Labute approximate surface area is 88.3 Å². The van der Waals surface area contributed by atoms with Gasteiger partial charge in [0.05, 0.1) is 0 Å². The molecule has 86 valence electrons. The zero-order valence-corrected chi connectivity index (χ0v) is 9.92. The third-order valence-electron chi connectivity index (χ3n) is 2.82. The fourth-order valence-electron chi connectivity index (χ4n) is 1.61. The summed E-state index contributed by atoms with van der Waals surface area (Å²) >= 11 is 0. The maximum atomic E-state index is 8.66. The molecule has 3 heteroatoms. The minimum atomic E-state index is 0.105. The maximum absolute atomic E-state index is 8.66. The van der Waals surface area contributed by atoms with Gasteiger partial charge in [-0.25, -0.2) is 0 Å². The van der Waals surface area contributed by atoms with Gasteiger partial charge in [-0.05, 0) is 46.2 Å². The maximum Gasteiger partial charge on any atom is 0.0431 e. The van der Waals surface area contributed by atoms with Crippen LogP contribution in [0.2, 0.25) is 0 Å². The molecule has 0 aromatic heterocycles. The monoisotopic (exact) mass is 202 g/mol. The Morgan fingerprint density at radius 3 is 2.29 bits per heavy atom. The SMILES string of the molecule is CCN(CCCCCO)C(C)(C)CN. The number of nitrogens with zero attached hydrogens (tertiary/aromatic N) is 1. The van der Waals surface area contributed by atoms with E-state index < -0.39 is 0 Å². The van der Waals surface area contributed by atoms with E-state index in [4.69, 9.17) is 10.8 Å². The Hall–Kier alpha value is -0.120. The number of unbranched alkanes of at least 4 members (excludes halogenated alkanes) is 2. The fraction of sp³-hybridized carbons (Fsp3) is 1.00. The highest BCUT2D eigenvalue weighted by Crippen LogP contribution is 2.13. The second kappa shape index (κ2) is 7.21. The summed E-state index contributed by atoms with van der Waals surface area (Å²) in [5.74, 6) is 0. The number of hydrogen-bond donors (Lipinski definition) is 2. The number of hydrogen-bond acceptors (Lipinski definition) is 3. The van der Waals surface area contributed by atoms with Crippen molar-refractivity contribution in [3.63, 3.8) is 0 Å². The molecule has 0 saturated carbocycles. The topological polar surface area (TPSA) is 49.5 Å². The van der Waals surface area contributed by atoms with Gasteiger partial charge in [0, 0.05) is 18.7 Å². The van der Waals surface area contributed by atoms with E-state index >= 15 is 0 Å². The first-order valence-corrected chi connectivity index (χ1v) is 5.64. The van der Waals surface area contributed by atoms with Crippen molar-refractivity contribution in [2.75, 3.05) is 26.2 Å². The molecule has 3 N–H and O–H groups in total. The van der Waals surface area contributed by atoms with Crippen LogP contribution >= 0.6 is 0 Å². The lowest BCUT2D eigenvalue weighted by atomic mass is 10.0. The third-order valence-corrected chi connectivity index (χ3v) is 2.82. The van der Waals surface area contributed by atoms with Gasteiger partial charge >= 0.3 is 0 Å². The van der Waals surface area contributed by atoms with Crippen LogP contribution in [0.5, 0.6) is 0 Å². The lowest BCUT2D eigenvalue weighted by Gasteiger charge is -2.37. The lowest BCUT2D eigenvalue weighted by Crippen LogP contribution is -2.49. The number of likely N-dealkylation sites (N-methyl/N-ethyl adjacent to an activating group) is 1. The second-order valence-electron chi connectivity index (χ2n) is 4.38. The Kier molecular flexibility index (Phi) is 7.15. The number of rotatable bonds is 8. The van der Waals surface area contributed by atoms with Crippen LogP contribution in [0.3, 0.4) is 0 Å². The number of aliphatic hydroxyl groups is 1. The van der Waals surface area contributed by atoms with Crippen LogP contribution < -0.4 is 5.73 Å². The van der Waals surface area contributed by atoms with E-state index in [1.165, 1.54) is 0 Å². The molecule has 0 aromatic carbocycles. The van der Waals surface area contributed by atoms with Crippen molar-refractivity contribution in [3.05, 3.63) is 0 Å². The van der Waals surface area contributed by atoms with Gasteiger partial charge < -0.3 is 10.8 Å². The van der Waals surface area contributed by atoms with E-state index in [0.717, 1.165) is 32.4 Å². The van der Waals surface area contributed by atoms with Crippen LogP contribution in [-0.2, 0) is 0 Å². The Bertz CT molecular complexity index is 137. The van der Waals surface area contributed by atoms with E-state index in [0.29, 0.717) is 13.2 Å². The summed E-state index contributed by atoms with van der Waals surface area (Å²) in [4.78, 5) is 2.41. The molecular formula is C11H26N2O. The first-order valence-electron chi connectivity index (χ1n) is 5.64. The quantitative estimate of drug-likeness (QED) is 0.582. The van der Waals surface area contributed by atoms with Crippen molar-refractivity contribution < 1.29 is 5.11 Å². The molecule has 0 aliphatic rings. The molecule has 0 heterocycles. The molecule has 0 radical (unpaired) electrons. The average molecular weight is 202 g/mol. The number of aliphatic hydroxyl groups excluding tert-OH is 1. The highest BCUT2D eigenvalue weighted by Gasteiger charge is 2.22. The molecule has 0 aromatic rings. The summed E-state index contributed by atoms with van der Waals surface area (Å²) in [5.41, 5.74) is 5.84. The zero-order chi connectivity index (χ0) is 11.0. The van der Waals surface area contributed by atoms with E-state index in [1.54, 1.807) is 0 Å². The van der Waals surface area contributed by atoms with Gasteiger partial charge in [0.15, 0.2) is 0 Å². The molecule has 0 spiro atoms. The number of nitrogens with two attached hydrogens (primary N) is 1. The van der Waals surface area contributed by atoms with E-state index in [-0.39, 0.29) is 5.54 Å². The van der Waals surface area contributed by atoms with Gasteiger partial charge in [-0.2, -0.15) is 0 Å². The van der Waals surface area contributed by atoms with Gasteiger partial charge in [0.2, 0.25) is 0 Å². The molecule has 0 amide bonds. The molecule has 0 aliphatic heterocycles. The molecule has 0 atom stereocenters. The standard InChI is InChI=1S/C11H26N2O/c1-4-13(11(2,3)10-12)8-6-5-7-9-14/h14H,4-10,12H2,1-3H3. The summed E-state index contributed by atoms with van der Waals surface area (Å²) in [6.45, 7) is 9.67. The van der Waals surface area contributed by atoms with Crippen molar-refractivity contribution in [2.24, 2.45) is 5.73 Å². The molecule has 14 heavy (non-hydrogen) atoms. The first-order chi connectivity index (χ1) is 6.58. The predicted octanol–water partition coefficient (Wildman–Crippen LogP) is 1.21. The van der Waals surface area contributed by atoms with Crippen molar-refractivity contribution >= 4 is 0 Å². The minimum Gasteiger partial charge on any atom is -0.396 e. The molecule has 3 nitrogen and oxygen atoms in total. The molecule has 0 aliphatic carbocycles. The van der Waals surface area contributed by atoms with Crippen molar-refractivity contribution in [1.29, 1.82) is 0 Å². The lowest BCUT2D eigenvalue weighted by molar-refractivity contribution is 0.130. The Morgan fingerprint density at radius 1 is 1.21 bits per heavy atom. The van der Waals surface area contributed by atoms with Crippen LogP contribution in [0.25, 0.3) is 0 Å². The van der Waals surface area contributed by atoms with Crippen LogP contribution in [0.4, 0.5) is 0 Å². The minimum absolute atomic E-state index is 0.105. The van der Waals surface area contributed by atoms with E-state index in [1.807, 2.05) is 0 Å². The third kappa shape index (κ3) is 4.94. The average Bonchev–Trinajstić information content (AvgIpc) is 2.17. The van der Waals surface area contributed by atoms with Gasteiger partial charge in [-0.3, -0.25) is 4.90 Å². The fourth-order valence-corrected chi connectivity index (χ4v) is 1.61. The van der Waals surface area contributed by atoms with Gasteiger partial charge in [0.25, 0.3) is 0 Å². The van der Waals surface area contributed by atoms with Crippen LogP contribution in [0, 0.1) is 0 Å². The molecular weight excluding hydrogens is 176 g/mol. The molecule has 0 fully saturated rings. The van der Waals surface area contributed by atoms with Crippen LogP contribution in [0.15, 0.2) is 0 Å². The molecule has 0 bridgehead atoms. The van der Waals surface area contributed by atoms with Crippen LogP contribution in [-0.4, -0.2) is 41.8 Å². The van der Waals surface area contributed by atoms with Crippen molar-refractivity contribution in [3.8, 4) is 0 Å². The first kappa shape index (κ1) is 13.9. The highest BCUT2D eigenvalue weighted by atomic mass is 16.2. The summed E-state index contributed by atoms with van der Waals surface area (Å²) in [5, 5.41) is 8.66. The highest BCUT2D eigenvalue weighted by molar-refractivity contribution is 4.81. The molecule has 0 rings (SSSR count). The van der Waals surface area contributed by atoms with Crippen molar-refractivity contribution in [2.45, 2.75) is 45.6 Å². The summed E-state index contributed by atoms with van der Waals surface area (Å²) < 4.78 is 0. The predicted molar refractivity (Wildman–Crippen MR) is 61.3 cm³/mol. The molecule has 0 saturated heterocycles. The molecule has 0 unspecified atom stereocenters. The summed E-state index contributed by atoms with van der Waals surface area (Å²) in [6, 6.07) is 0. The van der Waals surface area contributed by atoms with E-state index in [2.05, 4.69) is 25.7 Å². The summed E-state index contributed by atoms with van der Waals surface area (Å²) in [7, 11) is 0. The Morgan fingerprint density at radius 2 is 1.86 bits per heavy atom. The Balaban J connectivity index is 3.79. The zero-order valence-electron chi connectivity index (χ0n) is 9.92. The smallest absolute Gasteiger partial charge is 0.0431 e. The van der Waals surface area contributed by atoms with Gasteiger partial charge in [-0.15, -0.1) is 0 Å². The van der Waals surface area contributed by atoms with Crippen molar-refractivity contribution in [1.82, 2.24) is 4.90 Å². The van der Waals surface area contributed by atoms with E-state index in [9.17, 15) is 0 Å².